The lowest BCUT2D eigenvalue weighted by Crippen LogP contribution is -2.42. The highest BCUT2D eigenvalue weighted by atomic mass is 32.2. The highest BCUT2D eigenvalue weighted by molar-refractivity contribution is 7.99. The van der Waals surface area contributed by atoms with Crippen molar-refractivity contribution in [3.63, 3.8) is 0 Å². The van der Waals surface area contributed by atoms with Crippen LogP contribution in [0.15, 0.2) is 51.4 Å². The van der Waals surface area contributed by atoms with E-state index in [9.17, 15) is 14.4 Å². The molecule has 0 aliphatic heterocycles. The SMILES string of the molecule is COCCCN(C(=O)CSc1nncn1C)c1c(N)n(Cc2ccccc2)c(=O)[nH]c1=O. The van der Waals surface area contributed by atoms with Gasteiger partial charge in [-0.25, -0.2) is 4.79 Å². The molecule has 170 valence electrons. The number of hydrogen-bond donors (Lipinski definition) is 2. The second-order valence-corrected chi connectivity index (χ2v) is 7.91. The van der Waals surface area contributed by atoms with Crippen molar-refractivity contribution < 1.29 is 9.53 Å². The van der Waals surface area contributed by atoms with Gasteiger partial charge in [0.05, 0.1) is 12.3 Å². The Bertz CT molecular complexity index is 1170. The number of carbonyl (C=O) groups is 1. The topological polar surface area (TPSA) is 141 Å². The molecule has 3 rings (SSSR count). The molecule has 0 aliphatic carbocycles. The number of benzene rings is 1. The number of anilines is 2. The first-order valence-electron chi connectivity index (χ1n) is 9.85. The molecule has 2 aromatic heterocycles. The van der Waals surface area contributed by atoms with Gasteiger partial charge in [0.2, 0.25) is 5.91 Å². The zero-order valence-electron chi connectivity index (χ0n) is 17.9. The van der Waals surface area contributed by atoms with Gasteiger partial charge in [-0.3, -0.25) is 19.1 Å². The standard InChI is InChI=1S/C20H25N7O4S/c1-25-13-22-24-20(25)32-12-15(28)26(9-6-10-31-2)16-17(21)27(19(30)23-18(16)29)11-14-7-4-3-5-8-14/h3-5,7-8,13H,6,9-12,21H2,1-2H3,(H,23,29,30). The van der Waals surface area contributed by atoms with Gasteiger partial charge < -0.3 is 19.9 Å². The van der Waals surface area contributed by atoms with Gasteiger partial charge in [-0.1, -0.05) is 42.1 Å². The first-order chi connectivity index (χ1) is 15.4. The van der Waals surface area contributed by atoms with E-state index < -0.39 is 11.2 Å². The number of aromatic nitrogens is 5. The summed E-state index contributed by atoms with van der Waals surface area (Å²) in [5.74, 6) is -0.413. The van der Waals surface area contributed by atoms with Crippen molar-refractivity contribution in [1.29, 1.82) is 0 Å². The fourth-order valence-corrected chi connectivity index (χ4v) is 3.86. The van der Waals surface area contributed by atoms with Gasteiger partial charge in [0.1, 0.15) is 12.1 Å². The molecule has 0 spiro atoms. The molecule has 0 unspecified atom stereocenters. The summed E-state index contributed by atoms with van der Waals surface area (Å²) in [4.78, 5) is 41.9. The van der Waals surface area contributed by atoms with E-state index in [-0.39, 0.29) is 36.3 Å². The Hall–Kier alpha value is -3.38. The fourth-order valence-electron chi connectivity index (χ4n) is 3.10. The number of nitrogens with two attached hydrogens (primary N) is 1. The van der Waals surface area contributed by atoms with Crippen molar-refractivity contribution in [2.24, 2.45) is 7.05 Å². The molecule has 0 atom stereocenters. The predicted octanol–water partition coefficient (Wildman–Crippen LogP) is 0.457. The molecular formula is C20H25N7O4S. The van der Waals surface area contributed by atoms with Crippen molar-refractivity contribution in [2.75, 3.05) is 36.6 Å². The molecule has 11 nitrogen and oxygen atoms in total. The van der Waals surface area contributed by atoms with E-state index in [0.29, 0.717) is 18.2 Å². The number of rotatable bonds is 10. The minimum atomic E-state index is -0.716. The molecule has 1 aromatic carbocycles. The third kappa shape index (κ3) is 5.45. The van der Waals surface area contributed by atoms with E-state index in [0.717, 1.165) is 5.56 Å². The van der Waals surface area contributed by atoms with Crippen LogP contribution in [0.1, 0.15) is 12.0 Å². The van der Waals surface area contributed by atoms with Gasteiger partial charge in [-0.2, -0.15) is 0 Å². The molecule has 0 aliphatic rings. The average molecular weight is 460 g/mol. The first-order valence-corrected chi connectivity index (χ1v) is 10.8. The zero-order chi connectivity index (χ0) is 23.1. The highest BCUT2D eigenvalue weighted by Gasteiger charge is 2.24. The Morgan fingerprint density at radius 1 is 1.28 bits per heavy atom. The molecule has 0 bridgehead atoms. The van der Waals surface area contributed by atoms with Gasteiger partial charge in [0.25, 0.3) is 5.56 Å². The smallest absolute Gasteiger partial charge is 0.330 e. The van der Waals surface area contributed by atoms with Crippen LogP contribution in [0.5, 0.6) is 0 Å². The van der Waals surface area contributed by atoms with E-state index in [2.05, 4.69) is 15.2 Å². The lowest BCUT2D eigenvalue weighted by Gasteiger charge is -2.24. The number of aromatic amines is 1. The number of methoxy groups -OCH3 is 1. The van der Waals surface area contributed by atoms with Crippen LogP contribution in [0.4, 0.5) is 11.5 Å². The third-order valence-corrected chi connectivity index (χ3v) is 5.71. The maximum Gasteiger partial charge on any atom is 0.330 e. The summed E-state index contributed by atoms with van der Waals surface area (Å²) in [7, 11) is 3.32. The van der Waals surface area contributed by atoms with Crippen LogP contribution >= 0.6 is 11.8 Å². The van der Waals surface area contributed by atoms with E-state index in [1.54, 1.807) is 18.7 Å². The lowest BCUT2D eigenvalue weighted by molar-refractivity contribution is -0.116. The zero-order valence-corrected chi connectivity index (χ0v) is 18.7. The molecule has 0 saturated heterocycles. The summed E-state index contributed by atoms with van der Waals surface area (Å²) in [6, 6.07) is 9.23. The van der Waals surface area contributed by atoms with Crippen LogP contribution in [-0.2, 0) is 23.1 Å². The second-order valence-electron chi connectivity index (χ2n) is 6.97. The molecule has 32 heavy (non-hydrogen) atoms. The molecule has 0 saturated carbocycles. The normalized spacial score (nSPS) is 10.9. The number of thioether (sulfide) groups is 1. The quantitative estimate of drug-likeness (QED) is 0.329. The van der Waals surface area contributed by atoms with Crippen LogP contribution < -0.4 is 21.9 Å². The number of aryl methyl sites for hydroxylation is 1. The Labute approximate surface area is 188 Å². The van der Waals surface area contributed by atoms with E-state index in [1.807, 2.05) is 30.3 Å². The molecule has 12 heteroatoms. The summed E-state index contributed by atoms with van der Waals surface area (Å²) >= 11 is 1.19. The molecule has 0 radical (unpaired) electrons. The number of carbonyl (C=O) groups excluding carboxylic acids is 1. The van der Waals surface area contributed by atoms with Crippen molar-refractivity contribution in [1.82, 2.24) is 24.3 Å². The highest BCUT2D eigenvalue weighted by Crippen LogP contribution is 2.21. The summed E-state index contributed by atoms with van der Waals surface area (Å²) in [5, 5.41) is 8.30. The summed E-state index contributed by atoms with van der Waals surface area (Å²) < 4.78 is 8.03. The minimum absolute atomic E-state index is 0.0101. The third-order valence-electron chi connectivity index (χ3n) is 4.69. The lowest BCUT2D eigenvalue weighted by atomic mass is 10.2. The Morgan fingerprint density at radius 3 is 2.69 bits per heavy atom. The monoisotopic (exact) mass is 459 g/mol. The van der Waals surface area contributed by atoms with Crippen LogP contribution in [-0.4, -0.2) is 56.2 Å². The minimum Gasteiger partial charge on any atom is -0.385 e. The van der Waals surface area contributed by atoms with Gasteiger partial charge >= 0.3 is 5.69 Å². The van der Waals surface area contributed by atoms with Gasteiger partial charge in [-0.05, 0) is 12.0 Å². The van der Waals surface area contributed by atoms with Crippen LogP contribution in [0.3, 0.4) is 0 Å². The van der Waals surface area contributed by atoms with E-state index in [4.69, 9.17) is 10.5 Å². The van der Waals surface area contributed by atoms with Crippen molar-refractivity contribution in [3.05, 3.63) is 63.1 Å². The maximum atomic E-state index is 13.1. The van der Waals surface area contributed by atoms with Gasteiger partial charge in [0, 0.05) is 27.3 Å². The average Bonchev–Trinajstić information content (AvgIpc) is 3.19. The largest absolute Gasteiger partial charge is 0.385 e. The number of nitrogens with one attached hydrogen (secondary N) is 1. The summed E-state index contributed by atoms with van der Waals surface area (Å²) in [6.07, 6.45) is 2.01. The van der Waals surface area contributed by atoms with Crippen molar-refractivity contribution in [3.8, 4) is 0 Å². The number of H-pyrrole nitrogens is 1. The van der Waals surface area contributed by atoms with E-state index in [1.165, 1.54) is 27.6 Å². The number of nitrogens with zero attached hydrogens (tertiary/aromatic N) is 5. The van der Waals surface area contributed by atoms with Gasteiger partial charge in [-0.15, -0.1) is 10.2 Å². The maximum absolute atomic E-state index is 13.1. The van der Waals surface area contributed by atoms with Gasteiger partial charge in [0.15, 0.2) is 10.8 Å². The number of amides is 1. The number of ether oxygens (including phenoxy) is 1. The van der Waals surface area contributed by atoms with Crippen LogP contribution in [0.25, 0.3) is 0 Å². The molecule has 2 heterocycles. The number of nitrogen functional groups attached to an aromatic ring is 1. The molecule has 0 fully saturated rings. The van der Waals surface area contributed by atoms with Crippen LogP contribution in [0.2, 0.25) is 0 Å². The summed E-state index contributed by atoms with van der Waals surface area (Å²) in [5.41, 5.74) is 5.69. The Balaban J connectivity index is 1.94. The predicted molar refractivity (Wildman–Crippen MR) is 122 cm³/mol. The molecule has 3 N–H and O–H groups in total. The van der Waals surface area contributed by atoms with Crippen molar-refractivity contribution in [2.45, 2.75) is 18.1 Å². The Kier molecular flexibility index (Phi) is 7.84. The molecule has 3 aromatic rings. The first kappa shape index (κ1) is 23.3. The van der Waals surface area contributed by atoms with E-state index >= 15 is 0 Å². The van der Waals surface area contributed by atoms with Crippen molar-refractivity contribution >= 4 is 29.2 Å². The number of hydrogen-bond acceptors (Lipinski definition) is 8. The van der Waals surface area contributed by atoms with Crippen LogP contribution in [0, 0.1) is 0 Å². The fraction of sp³-hybridized carbons (Fsp3) is 0.350. The second kappa shape index (κ2) is 10.8. The summed E-state index contributed by atoms with van der Waals surface area (Å²) in [6.45, 7) is 0.744. The molecular weight excluding hydrogens is 434 g/mol. The Morgan fingerprint density at radius 2 is 2.03 bits per heavy atom. The molecule has 1 amide bonds.